The lowest BCUT2D eigenvalue weighted by Gasteiger charge is -2.20. The van der Waals surface area contributed by atoms with Gasteiger partial charge in [-0.05, 0) is 23.1 Å². The molecule has 0 bridgehead atoms. The predicted molar refractivity (Wildman–Crippen MR) is 63.0 cm³/mol. The molecule has 3 heteroatoms. The molecule has 0 saturated heterocycles. The molecule has 0 radical (unpaired) electrons. The Labute approximate surface area is 95.8 Å². The number of fused-ring (bicyclic) bond motifs is 1. The van der Waals surface area contributed by atoms with E-state index in [0.717, 1.165) is 0 Å². The summed E-state index contributed by atoms with van der Waals surface area (Å²) in [5.41, 5.74) is 1.88. The van der Waals surface area contributed by atoms with E-state index in [2.05, 4.69) is 26.1 Å². The van der Waals surface area contributed by atoms with Crippen molar-refractivity contribution in [2.45, 2.75) is 26.2 Å². The Balaban J connectivity index is 2.45. The van der Waals surface area contributed by atoms with Crippen molar-refractivity contribution in [3.8, 4) is 5.75 Å². The third-order valence-corrected chi connectivity index (χ3v) is 2.74. The molecule has 0 unspecified atom stereocenters. The Morgan fingerprint density at radius 1 is 1.31 bits per heavy atom. The minimum atomic E-state index is -0.0482. The highest BCUT2D eigenvalue weighted by Crippen LogP contribution is 2.29. The Morgan fingerprint density at radius 2 is 2.06 bits per heavy atom. The molecule has 0 saturated carbocycles. The average molecular weight is 219 g/mol. The highest BCUT2D eigenvalue weighted by Gasteiger charge is 2.20. The summed E-state index contributed by atoms with van der Waals surface area (Å²) in [6, 6.07) is 5.81. The maximum Gasteiger partial charge on any atom is 0.255 e. The molecule has 86 valence electrons. The summed E-state index contributed by atoms with van der Waals surface area (Å²) in [4.78, 5) is 11.7. The number of hydrogen-bond acceptors (Lipinski definition) is 2. The number of hydrogen-bond donors (Lipinski definition) is 1. The van der Waals surface area contributed by atoms with E-state index < -0.39 is 0 Å². The zero-order valence-corrected chi connectivity index (χ0v) is 9.96. The van der Waals surface area contributed by atoms with Gasteiger partial charge < -0.3 is 10.1 Å². The molecular formula is C13H17NO2. The van der Waals surface area contributed by atoms with Crippen LogP contribution < -0.4 is 10.1 Å². The fourth-order valence-electron chi connectivity index (χ4n) is 1.72. The number of benzene rings is 1. The van der Waals surface area contributed by atoms with Gasteiger partial charge in [0.1, 0.15) is 12.4 Å². The second-order valence-corrected chi connectivity index (χ2v) is 5.07. The van der Waals surface area contributed by atoms with E-state index in [1.165, 1.54) is 5.56 Å². The Morgan fingerprint density at radius 3 is 2.75 bits per heavy atom. The molecule has 1 aliphatic heterocycles. The minimum absolute atomic E-state index is 0.0482. The van der Waals surface area contributed by atoms with Gasteiger partial charge in [0.05, 0.1) is 12.1 Å². The van der Waals surface area contributed by atoms with Crippen molar-refractivity contribution in [2.75, 3.05) is 13.2 Å². The maximum absolute atomic E-state index is 11.7. The van der Waals surface area contributed by atoms with E-state index in [0.29, 0.717) is 24.5 Å². The van der Waals surface area contributed by atoms with Crippen molar-refractivity contribution in [1.82, 2.24) is 5.32 Å². The molecule has 0 spiro atoms. The zero-order valence-electron chi connectivity index (χ0n) is 9.96. The molecular weight excluding hydrogens is 202 g/mol. The van der Waals surface area contributed by atoms with Crippen molar-refractivity contribution in [3.05, 3.63) is 29.3 Å². The molecule has 1 aliphatic rings. The Kier molecular flexibility index (Phi) is 2.62. The van der Waals surface area contributed by atoms with Crippen LogP contribution in [0, 0.1) is 0 Å². The second-order valence-electron chi connectivity index (χ2n) is 5.07. The van der Waals surface area contributed by atoms with Crippen LogP contribution in [0.25, 0.3) is 0 Å². The lowest BCUT2D eigenvalue weighted by molar-refractivity contribution is 0.0957. The maximum atomic E-state index is 11.7. The molecule has 1 N–H and O–H groups in total. The van der Waals surface area contributed by atoms with Gasteiger partial charge in [-0.1, -0.05) is 26.8 Å². The molecule has 2 rings (SSSR count). The molecule has 1 amide bonds. The average Bonchev–Trinajstić information content (AvgIpc) is 2.39. The molecule has 0 aromatic heterocycles. The van der Waals surface area contributed by atoms with Crippen molar-refractivity contribution >= 4 is 5.91 Å². The fourth-order valence-corrected chi connectivity index (χ4v) is 1.72. The van der Waals surface area contributed by atoms with Crippen LogP contribution in [-0.2, 0) is 5.41 Å². The normalized spacial score (nSPS) is 15.8. The smallest absolute Gasteiger partial charge is 0.255 e. The van der Waals surface area contributed by atoms with Gasteiger partial charge in [-0.15, -0.1) is 0 Å². The first-order valence-electron chi connectivity index (χ1n) is 5.54. The fraction of sp³-hybridized carbons (Fsp3) is 0.462. The number of nitrogens with one attached hydrogen (secondary N) is 1. The number of carbonyl (C=O) groups excluding carboxylic acids is 1. The monoisotopic (exact) mass is 219 g/mol. The third kappa shape index (κ3) is 2.03. The van der Waals surface area contributed by atoms with Crippen LogP contribution in [0.15, 0.2) is 18.2 Å². The van der Waals surface area contributed by atoms with Gasteiger partial charge in [0.15, 0.2) is 0 Å². The van der Waals surface area contributed by atoms with E-state index in [4.69, 9.17) is 4.74 Å². The number of carbonyl (C=O) groups is 1. The Hall–Kier alpha value is -1.51. The molecule has 1 aromatic carbocycles. The van der Waals surface area contributed by atoms with Gasteiger partial charge in [0.25, 0.3) is 5.91 Å². The van der Waals surface area contributed by atoms with E-state index in [1.54, 1.807) is 0 Å². The minimum Gasteiger partial charge on any atom is -0.491 e. The summed E-state index contributed by atoms with van der Waals surface area (Å²) in [5, 5.41) is 2.79. The van der Waals surface area contributed by atoms with Crippen LogP contribution >= 0.6 is 0 Å². The standard InChI is InChI=1S/C13H17NO2/c1-13(2,3)9-4-5-10-11(8-9)16-7-6-14-12(10)15/h4-5,8H,6-7H2,1-3H3,(H,14,15). The number of amides is 1. The van der Waals surface area contributed by atoms with Crippen molar-refractivity contribution in [1.29, 1.82) is 0 Å². The predicted octanol–water partition coefficient (Wildman–Crippen LogP) is 2.11. The number of ether oxygens (including phenoxy) is 1. The van der Waals surface area contributed by atoms with Crippen LogP contribution in [-0.4, -0.2) is 19.1 Å². The molecule has 1 aromatic rings. The van der Waals surface area contributed by atoms with Crippen molar-refractivity contribution in [3.63, 3.8) is 0 Å². The molecule has 1 heterocycles. The summed E-state index contributed by atoms with van der Waals surface area (Å²) >= 11 is 0. The second kappa shape index (κ2) is 3.81. The summed E-state index contributed by atoms with van der Waals surface area (Å²) in [6.45, 7) is 7.53. The van der Waals surface area contributed by atoms with E-state index in [1.807, 2.05) is 18.2 Å². The van der Waals surface area contributed by atoms with Gasteiger partial charge in [-0.2, -0.15) is 0 Å². The summed E-state index contributed by atoms with van der Waals surface area (Å²) in [5.74, 6) is 0.649. The van der Waals surface area contributed by atoms with E-state index in [-0.39, 0.29) is 11.3 Å². The summed E-state index contributed by atoms with van der Waals surface area (Å²) in [7, 11) is 0. The topological polar surface area (TPSA) is 38.3 Å². The quantitative estimate of drug-likeness (QED) is 0.725. The first-order valence-corrected chi connectivity index (χ1v) is 5.54. The first kappa shape index (κ1) is 11.0. The summed E-state index contributed by atoms with van der Waals surface area (Å²) < 4.78 is 5.57. The van der Waals surface area contributed by atoms with Crippen LogP contribution in [0.2, 0.25) is 0 Å². The highest BCUT2D eigenvalue weighted by atomic mass is 16.5. The van der Waals surface area contributed by atoms with Gasteiger partial charge in [0, 0.05) is 0 Å². The zero-order chi connectivity index (χ0) is 11.8. The SMILES string of the molecule is CC(C)(C)c1ccc2c(c1)OCCNC2=O. The first-order chi connectivity index (χ1) is 7.48. The molecule has 0 atom stereocenters. The van der Waals surface area contributed by atoms with E-state index >= 15 is 0 Å². The largest absolute Gasteiger partial charge is 0.491 e. The van der Waals surface area contributed by atoms with Gasteiger partial charge in [0.2, 0.25) is 0 Å². The lowest BCUT2D eigenvalue weighted by atomic mass is 9.86. The summed E-state index contributed by atoms with van der Waals surface area (Å²) in [6.07, 6.45) is 0. The van der Waals surface area contributed by atoms with Crippen LogP contribution in [0.5, 0.6) is 5.75 Å². The van der Waals surface area contributed by atoms with Crippen molar-refractivity contribution < 1.29 is 9.53 Å². The third-order valence-electron chi connectivity index (χ3n) is 2.74. The molecule has 0 fully saturated rings. The van der Waals surface area contributed by atoms with Gasteiger partial charge in [-0.25, -0.2) is 0 Å². The molecule has 16 heavy (non-hydrogen) atoms. The highest BCUT2D eigenvalue weighted by molar-refractivity contribution is 5.97. The van der Waals surface area contributed by atoms with Gasteiger partial charge in [-0.3, -0.25) is 4.79 Å². The van der Waals surface area contributed by atoms with Crippen LogP contribution in [0.4, 0.5) is 0 Å². The lowest BCUT2D eigenvalue weighted by Crippen LogP contribution is -2.24. The molecule has 3 nitrogen and oxygen atoms in total. The Bertz CT molecular complexity index is 418. The number of rotatable bonds is 0. The van der Waals surface area contributed by atoms with E-state index in [9.17, 15) is 4.79 Å². The van der Waals surface area contributed by atoms with Crippen LogP contribution in [0.3, 0.4) is 0 Å². The van der Waals surface area contributed by atoms with Crippen LogP contribution in [0.1, 0.15) is 36.7 Å². The van der Waals surface area contributed by atoms with Gasteiger partial charge >= 0.3 is 0 Å². The van der Waals surface area contributed by atoms with Crippen molar-refractivity contribution in [2.24, 2.45) is 0 Å². The molecule has 0 aliphatic carbocycles.